The lowest BCUT2D eigenvalue weighted by atomic mass is 9.64. The molecule has 0 spiro atoms. The van der Waals surface area contributed by atoms with Crippen molar-refractivity contribution in [2.45, 2.75) is 43.4 Å². The van der Waals surface area contributed by atoms with Crippen LogP contribution in [-0.4, -0.2) is 11.1 Å². The first kappa shape index (κ1) is 10.8. The molecule has 2 aliphatic rings. The Morgan fingerprint density at radius 2 is 2.06 bits per heavy atom. The van der Waals surface area contributed by atoms with Crippen LogP contribution < -0.4 is 0 Å². The second-order valence-corrected chi connectivity index (χ2v) is 5.25. The number of rotatable bonds is 3. The molecule has 17 heavy (non-hydrogen) atoms. The normalized spacial score (nSPS) is 21.9. The summed E-state index contributed by atoms with van der Waals surface area (Å²) < 4.78 is 13.9. The van der Waals surface area contributed by atoms with Crippen LogP contribution in [0.25, 0.3) is 0 Å². The second-order valence-electron chi connectivity index (χ2n) is 5.25. The van der Waals surface area contributed by atoms with Crippen molar-refractivity contribution in [3.63, 3.8) is 0 Å². The Hall–Kier alpha value is -1.38. The third kappa shape index (κ3) is 1.56. The van der Waals surface area contributed by atoms with Crippen molar-refractivity contribution in [1.82, 2.24) is 0 Å². The molecule has 2 nitrogen and oxygen atoms in total. The fraction of sp³-hybridized carbons (Fsp3) is 0.500. The van der Waals surface area contributed by atoms with Crippen molar-refractivity contribution >= 4 is 5.97 Å². The summed E-state index contributed by atoms with van der Waals surface area (Å²) in [5, 5.41) is 9.30. The molecule has 2 aliphatic carbocycles. The standard InChI is InChI=1S/C14H15FO2/c15-12-8-10(4-5-11(12)9-2-3-9)14(13(16)17)6-1-7-14/h4-5,8-9H,1-3,6-7H2,(H,16,17). The average Bonchev–Trinajstić information content (AvgIpc) is 2.98. The van der Waals surface area contributed by atoms with E-state index < -0.39 is 11.4 Å². The minimum atomic E-state index is -0.817. The SMILES string of the molecule is O=C(O)C1(c2ccc(C3CC3)c(F)c2)CCC1. The van der Waals surface area contributed by atoms with Crippen molar-refractivity contribution in [2.24, 2.45) is 0 Å². The van der Waals surface area contributed by atoms with Gasteiger partial charge < -0.3 is 5.11 Å². The largest absolute Gasteiger partial charge is 0.481 e. The van der Waals surface area contributed by atoms with Gasteiger partial charge in [0.1, 0.15) is 5.82 Å². The fourth-order valence-corrected chi connectivity index (χ4v) is 2.71. The Kier molecular flexibility index (Phi) is 2.25. The van der Waals surface area contributed by atoms with Gasteiger partial charge in [0.2, 0.25) is 0 Å². The van der Waals surface area contributed by atoms with Crippen LogP contribution in [0, 0.1) is 5.82 Å². The van der Waals surface area contributed by atoms with Gasteiger partial charge in [-0.25, -0.2) is 4.39 Å². The molecule has 0 aliphatic heterocycles. The molecule has 2 saturated carbocycles. The van der Waals surface area contributed by atoms with E-state index >= 15 is 0 Å². The summed E-state index contributed by atoms with van der Waals surface area (Å²) in [5.74, 6) is -0.675. The van der Waals surface area contributed by atoms with E-state index in [0.29, 0.717) is 24.3 Å². The first-order valence-electron chi connectivity index (χ1n) is 6.17. The third-order valence-electron chi connectivity index (χ3n) is 4.19. The molecule has 3 rings (SSSR count). The lowest BCUT2D eigenvalue weighted by Gasteiger charge is -2.38. The van der Waals surface area contributed by atoms with Crippen LogP contribution >= 0.6 is 0 Å². The Bertz CT molecular complexity index is 473. The smallest absolute Gasteiger partial charge is 0.314 e. The summed E-state index contributed by atoms with van der Waals surface area (Å²) in [5.41, 5.74) is 0.579. The van der Waals surface area contributed by atoms with Crippen LogP contribution in [0.2, 0.25) is 0 Å². The molecule has 3 heteroatoms. The van der Waals surface area contributed by atoms with E-state index in [4.69, 9.17) is 0 Å². The number of aliphatic carboxylic acids is 1. The lowest BCUT2D eigenvalue weighted by Crippen LogP contribution is -2.42. The maximum Gasteiger partial charge on any atom is 0.314 e. The van der Waals surface area contributed by atoms with Gasteiger partial charge in [-0.1, -0.05) is 18.6 Å². The molecule has 1 aromatic rings. The Morgan fingerprint density at radius 1 is 1.35 bits per heavy atom. The highest BCUT2D eigenvalue weighted by Crippen LogP contribution is 2.46. The van der Waals surface area contributed by atoms with Gasteiger partial charge in [-0.3, -0.25) is 4.79 Å². The molecule has 0 bridgehead atoms. The molecular formula is C14H15FO2. The number of carboxylic acid groups (broad SMARTS) is 1. The maximum atomic E-state index is 13.9. The van der Waals surface area contributed by atoms with Crippen molar-refractivity contribution in [2.75, 3.05) is 0 Å². The predicted octanol–water partition coefficient (Wildman–Crippen LogP) is 3.21. The van der Waals surface area contributed by atoms with Gasteiger partial charge >= 0.3 is 5.97 Å². The molecule has 0 amide bonds. The number of benzene rings is 1. The lowest BCUT2D eigenvalue weighted by molar-refractivity contribution is -0.147. The van der Waals surface area contributed by atoms with Crippen LogP contribution in [0.1, 0.15) is 49.1 Å². The first-order valence-corrected chi connectivity index (χ1v) is 6.17. The Balaban J connectivity index is 1.98. The molecule has 0 radical (unpaired) electrons. The highest BCUT2D eigenvalue weighted by atomic mass is 19.1. The van der Waals surface area contributed by atoms with E-state index in [-0.39, 0.29) is 5.82 Å². The van der Waals surface area contributed by atoms with Crippen molar-refractivity contribution < 1.29 is 14.3 Å². The zero-order valence-corrected chi connectivity index (χ0v) is 9.58. The number of carboxylic acids is 1. The number of carbonyl (C=O) groups is 1. The molecule has 0 unspecified atom stereocenters. The summed E-state index contributed by atoms with van der Waals surface area (Å²) in [6.45, 7) is 0. The molecule has 90 valence electrons. The van der Waals surface area contributed by atoms with Gasteiger partial charge in [0.05, 0.1) is 5.41 Å². The van der Waals surface area contributed by atoms with Crippen LogP contribution in [0.5, 0.6) is 0 Å². The van der Waals surface area contributed by atoms with E-state index in [0.717, 1.165) is 24.8 Å². The van der Waals surface area contributed by atoms with Gasteiger partial charge in [0, 0.05) is 0 Å². The van der Waals surface area contributed by atoms with Gasteiger partial charge in [-0.05, 0) is 48.8 Å². The van der Waals surface area contributed by atoms with Crippen molar-refractivity contribution in [1.29, 1.82) is 0 Å². The van der Waals surface area contributed by atoms with E-state index in [2.05, 4.69) is 0 Å². The minimum absolute atomic E-state index is 0.225. The van der Waals surface area contributed by atoms with Crippen molar-refractivity contribution in [3.05, 3.63) is 35.1 Å². The molecule has 1 aromatic carbocycles. The summed E-state index contributed by atoms with van der Waals surface area (Å²) in [6, 6.07) is 5.04. The van der Waals surface area contributed by atoms with Crippen LogP contribution in [0.15, 0.2) is 18.2 Å². The average molecular weight is 234 g/mol. The molecular weight excluding hydrogens is 219 g/mol. The third-order valence-corrected chi connectivity index (χ3v) is 4.19. The number of hydrogen-bond donors (Lipinski definition) is 1. The monoisotopic (exact) mass is 234 g/mol. The molecule has 0 atom stereocenters. The van der Waals surface area contributed by atoms with E-state index in [1.54, 1.807) is 6.07 Å². The van der Waals surface area contributed by atoms with Gasteiger partial charge in [-0.15, -0.1) is 0 Å². The van der Waals surface area contributed by atoms with E-state index in [9.17, 15) is 14.3 Å². The summed E-state index contributed by atoms with van der Waals surface area (Å²) in [7, 11) is 0. The predicted molar refractivity (Wildman–Crippen MR) is 61.5 cm³/mol. The molecule has 1 N–H and O–H groups in total. The zero-order valence-electron chi connectivity index (χ0n) is 9.58. The highest BCUT2D eigenvalue weighted by molar-refractivity contribution is 5.82. The second kappa shape index (κ2) is 3.56. The van der Waals surface area contributed by atoms with E-state index in [1.165, 1.54) is 6.07 Å². The maximum absolute atomic E-state index is 13.9. The van der Waals surface area contributed by atoms with Gasteiger partial charge in [0.15, 0.2) is 0 Å². The summed E-state index contributed by atoms with van der Waals surface area (Å²) in [4.78, 5) is 11.3. The molecule has 0 heterocycles. The molecule has 0 aromatic heterocycles. The fourth-order valence-electron chi connectivity index (χ4n) is 2.71. The Labute approximate surface area is 99.5 Å². The van der Waals surface area contributed by atoms with Crippen LogP contribution in [-0.2, 0) is 10.2 Å². The van der Waals surface area contributed by atoms with Crippen LogP contribution in [0.4, 0.5) is 4.39 Å². The topological polar surface area (TPSA) is 37.3 Å². The quantitative estimate of drug-likeness (QED) is 0.871. The van der Waals surface area contributed by atoms with Gasteiger partial charge in [0.25, 0.3) is 0 Å². The first-order chi connectivity index (χ1) is 8.13. The number of halogens is 1. The number of hydrogen-bond acceptors (Lipinski definition) is 1. The van der Waals surface area contributed by atoms with Crippen LogP contribution in [0.3, 0.4) is 0 Å². The van der Waals surface area contributed by atoms with Crippen molar-refractivity contribution in [3.8, 4) is 0 Å². The molecule has 2 fully saturated rings. The Morgan fingerprint density at radius 3 is 2.47 bits per heavy atom. The summed E-state index contributed by atoms with van der Waals surface area (Å²) in [6.07, 6.45) is 4.29. The highest BCUT2D eigenvalue weighted by Gasteiger charge is 2.46. The van der Waals surface area contributed by atoms with Gasteiger partial charge in [-0.2, -0.15) is 0 Å². The minimum Gasteiger partial charge on any atom is -0.481 e. The van der Waals surface area contributed by atoms with E-state index in [1.807, 2.05) is 6.07 Å². The molecule has 0 saturated heterocycles. The summed E-state index contributed by atoms with van der Waals surface area (Å²) >= 11 is 0. The zero-order chi connectivity index (χ0) is 12.0.